The summed E-state index contributed by atoms with van der Waals surface area (Å²) in [6, 6.07) is 1.36. The van der Waals surface area contributed by atoms with E-state index in [1.165, 1.54) is 51.7 Å². The predicted molar refractivity (Wildman–Crippen MR) is 61.8 cm³/mol. The maximum Gasteiger partial charge on any atom is 0.0382 e. The molecule has 3 heteroatoms. The molecule has 2 N–H and O–H groups in total. The first-order valence-electron chi connectivity index (χ1n) is 6.43. The van der Waals surface area contributed by atoms with Gasteiger partial charge in [-0.25, -0.2) is 0 Å². The van der Waals surface area contributed by atoms with E-state index in [0.717, 1.165) is 6.04 Å². The first-order chi connectivity index (χ1) is 7.22. The number of nitrogens with two attached hydrogens (primary N) is 1. The van der Waals surface area contributed by atoms with Crippen LogP contribution >= 0.6 is 0 Å². The second-order valence-electron chi connectivity index (χ2n) is 5.69. The van der Waals surface area contributed by atoms with Crippen molar-refractivity contribution in [2.24, 2.45) is 5.73 Å². The Balaban J connectivity index is 1.68. The fourth-order valence-corrected chi connectivity index (χ4v) is 3.58. The molecule has 1 saturated carbocycles. The molecule has 3 rings (SSSR count). The van der Waals surface area contributed by atoms with Crippen molar-refractivity contribution in [2.45, 2.75) is 49.7 Å². The van der Waals surface area contributed by atoms with Gasteiger partial charge in [-0.05, 0) is 45.7 Å². The van der Waals surface area contributed by atoms with Crippen LogP contribution in [-0.4, -0.2) is 54.1 Å². The summed E-state index contributed by atoms with van der Waals surface area (Å²) in [4.78, 5) is 5.21. The smallest absolute Gasteiger partial charge is 0.0382 e. The summed E-state index contributed by atoms with van der Waals surface area (Å²) in [7, 11) is 2.26. The molecule has 86 valence electrons. The summed E-state index contributed by atoms with van der Waals surface area (Å²) in [5.41, 5.74) is 6.66. The Bertz CT molecular complexity index is 229. The second kappa shape index (κ2) is 3.44. The van der Waals surface area contributed by atoms with Gasteiger partial charge in [0, 0.05) is 30.7 Å². The van der Waals surface area contributed by atoms with Crippen molar-refractivity contribution in [1.29, 1.82) is 0 Å². The average Bonchev–Trinajstić information content (AvgIpc) is 3.05. The number of likely N-dealkylation sites (N-methyl/N-ethyl adjacent to an activating group) is 1. The molecule has 15 heavy (non-hydrogen) atoms. The normalized spacial score (nSPS) is 37.6. The van der Waals surface area contributed by atoms with Crippen molar-refractivity contribution in [3.63, 3.8) is 0 Å². The van der Waals surface area contributed by atoms with Gasteiger partial charge in [-0.15, -0.1) is 0 Å². The highest BCUT2D eigenvalue weighted by atomic mass is 15.3. The lowest BCUT2D eigenvalue weighted by molar-refractivity contribution is 0.0573. The van der Waals surface area contributed by atoms with Crippen LogP contribution in [-0.2, 0) is 0 Å². The molecule has 1 atom stereocenters. The highest BCUT2D eigenvalue weighted by Crippen LogP contribution is 2.39. The average molecular weight is 209 g/mol. The number of likely N-dealkylation sites (tertiary alicyclic amines) is 2. The molecule has 0 aromatic carbocycles. The molecule has 0 amide bonds. The maximum atomic E-state index is 6.31. The van der Waals surface area contributed by atoms with Crippen molar-refractivity contribution >= 4 is 0 Å². The molecule has 0 bridgehead atoms. The Morgan fingerprint density at radius 3 is 2.20 bits per heavy atom. The summed E-state index contributed by atoms with van der Waals surface area (Å²) < 4.78 is 0. The van der Waals surface area contributed by atoms with Crippen LogP contribution < -0.4 is 5.73 Å². The maximum absolute atomic E-state index is 6.31. The van der Waals surface area contributed by atoms with Crippen LogP contribution in [0.25, 0.3) is 0 Å². The topological polar surface area (TPSA) is 32.5 Å². The fourth-order valence-electron chi connectivity index (χ4n) is 3.58. The van der Waals surface area contributed by atoms with Crippen LogP contribution in [0.5, 0.6) is 0 Å². The molecular formula is C12H23N3. The Morgan fingerprint density at radius 2 is 1.73 bits per heavy atom. The minimum atomic E-state index is 0.353. The largest absolute Gasteiger partial charge is 0.326 e. The highest BCUT2D eigenvalue weighted by Gasteiger charge is 2.48. The molecule has 0 aromatic heterocycles. The standard InChI is InChI=1S/C12H23N3/c1-14-7-4-11(13)12(14)5-8-15(9-6-12)10-2-3-10/h10-11H,2-9,13H2,1H3. The quantitative estimate of drug-likeness (QED) is 0.688. The molecule has 3 fully saturated rings. The molecule has 2 heterocycles. The van der Waals surface area contributed by atoms with Crippen LogP contribution in [0.4, 0.5) is 0 Å². The van der Waals surface area contributed by atoms with Crippen LogP contribution in [0.1, 0.15) is 32.1 Å². The van der Waals surface area contributed by atoms with E-state index in [1.54, 1.807) is 0 Å². The number of rotatable bonds is 1. The highest BCUT2D eigenvalue weighted by molar-refractivity contribution is 5.07. The molecule has 1 aliphatic carbocycles. The lowest BCUT2D eigenvalue weighted by Gasteiger charge is -2.46. The third-order valence-electron chi connectivity index (χ3n) is 4.95. The van der Waals surface area contributed by atoms with Gasteiger partial charge in [0.1, 0.15) is 0 Å². The minimum Gasteiger partial charge on any atom is -0.326 e. The molecule has 1 spiro atoms. The van der Waals surface area contributed by atoms with Crippen LogP contribution in [0.3, 0.4) is 0 Å². The molecule has 0 aromatic rings. The van der Waals surface area contributed by atoms with E-state index >= 15 is 0 Å². The summed E-state index contributed by atoms with van der Waals surface area (Å²) in [6.45, 7) is 3.76. The van der Waals surface area contributed by atoms with E-state index in [-0.39, 0.29) is 0 Å². The molecule has 3 aliphatic rings. The third-order valence-corrected chi connectivity index (χ3v) is 4.95. The van der Waals surface area contributed by atoms with Gasteiger partial charge in [-0.3, -0.25) is 4.90 Å². The van der Waals surface area contributed by atoms with Gasteiger partial charge in [0.2, 0.25) is 0 Å². The number of hydrogen-bond acceptors (Lipinski definition) is 3. The zero-order valence-corrected chi connectivity index (χ0v) is 9.78. The monoisotopic (exact) mass is 209 g/mol. The Labute approximate surface area is 92.6 Å². The SMILES string of the molecule is CN1CCC(N)C12CCN(C1CC1)CC2. The number of nitrogens with zero attached hydrogens (tertiary/aromatic N) is 2. The first-order valence-corrected chi connectivity index (χ1v) is 6.43. The molecule has 2 saturated heterocycles. The zero-order valence-electron chi connectivity index (χ0n) is 9.78. The van der Waals surface area contributed by atoms with E-state index in [4.69, 9.17) is 5.73 Å². The van der Waals surface area contributed by atoms with Gasteiger partial charge < -0.3 is 10.6 Å². The van der Waals surface area contributed by atoms with Gasteiger partial charge in [0.25, 0.3) is 0 Å². The predicted octanol–water partition coefficient (Wildman–Crippen LogP) is 0.646. The summed E-state index contributed by atoms with van der Waals surface area (Å²) in [5, 5.41) is 0. The zero-order chi connectivity index (χ0) is 10.5. The van der Waals surface area contributed by atoms with E-state index in [9.17, 15) is 0 Å². The number of piperidine rings is 1. The van der Waals surface area contributed by atoms with Crippen molar-refractivity contribution < 1.29 is 0 Å². The lowest BCUT2D eigenvalue weighted by Crippen LogP contribution is -2.58. The summed E-state index contributed by atoms with van der Waals surface area (Å²) in [5.74, 6) is 0. The van der Waals surface area contributed by atoms with Gasteiger partial charge in [0.05, 0.1) is 0 Å². The van der Waals surface area contributed by atoms with Crippen molar-refractivity contribution in [2.75, 3.05) is 26.7 Å². The molecule has 3 nitrogen and oxygen atoms in total. The Kier molecular flexibility index (Phi) is 2.31. The van der Waals surface area contributed by atoms with Crippen LogP contribution in [0.2, 0.25) is 0 Å². The Hall–Kier alpha value is -0.120. The van der Waals surface area contributed by atoms with E-state index in [0.29, 0.717) is 11.6 Å². The minimum absolute atomic E-state index is 0.353. The molecule has 0 radical (unpaired) electrons. The first kappa shape index (κ1) is 10.1. The third kappa shape index (κ3) is 1.52. The molecule has 2 aliphatic heterocycles. The van der Waals surface area contributed by atoms with Gasteiger partial charge in [0.15, 0.2) is 0 Å². The van der Waals surface area contributed by atoms with E-state index < -0.39 is 0 Å². The molecule has 1 unspecified atom stereocenters. The second-order valence-corrected chi connectivity index (χ2v) is 5.69. The van der Waals surface area contributed by atoms with E-state index in [1.807, 2.05) is 0 Å². The summed E-state index contributed by atoms with van der Waals surface area (Å²) >= 11 is 0. The van der Waals surface area contributed by atoms with Crippen molar-refractivity contribution in [3.05, 3.63) is 0 Å². The molecular weight excluding hydrogens is 186 g/mol. The van der Waals surface area contributed by atoms with E-state index in [2.05, 4.69) is 16.8 Å². The van der Waals surface area contributed by atoms with Crippen molar-refractivity contribution in [3.8, 4) is 0 Å². The summed E-state index contributed by atoms with van der Waals surface area (Å²) in [6.07, 6.45) is 6.66. The fraction of sp³-hybridized carbons (Fsp3) is 1.00. The van der Waals surface area contributed by atoms with Crippen molar-refractivity contribution in [1.82, 2.24) is 9.80 Å². The van der Waals surface area contributed by atoms with Crippen LogP contribution in [0.15, 0.2) is 0 Å². The lowest BCUT2D eigenvalue weighted by atomic mass is 9.82. The van der Waals surface area contributed by atoms with Gasteiger partial charge >= 0.3 is 0 Å². The Morgan fingerprint density at radius 1 is 1.07 bits per heavy atom. The van der Waals surface area contributed by atoms with Gasteiger partial charge in [-0.1, -0.05) is 0 Å². The number of hydrogen-bond donors (Lipinski definition) is 1. The van der Waals surface area contributed by atoms with Crippen LogP contribution in [0, 0.1) is 0 Å². The van der Waals surface area contributed by atoms with Gasteiger partial charge in [-0.2, -0.15) is 0 Å².